The van der Waals surface area contributed by atoms with Crippen LogP contribution in [-0.2, 0) is 0 Å². The molecule has 8 nitrogen and oxygen atoms in total. The van der Waals surface area contributed by atoms with E-state index in [0.717, 1.165) is 0 Å². The Balaban J connectivity index is -0.000000385. The zero-order valence-corrected chi connectivity index (χ0v) is 37.9. The van der Waals surface area contributed by atoms with Crippen LogP contribution in [0.4, 0.5) is 9.59 Å². The van der Waals surface area contributed by atoms with E-state index in [9.17, 15) is 0 Å². The third-order valence-electron chi connectivity index (χ3n) is 10.5. The molecular weight excluding hydrogens is 677 g/mol. The third-order valence-corrected chi connectivity index (χ3v) is 10.5. The Hall–Kier alpha value is -1.54. The Morgan fingerprint density at radius 2 is 0.444 bits per heavy atom. The predicted molar refractivity (Wildman–Crippen MR) is 230 cm³/mol. The summed E-state index contributed by atoms with van der Waals surface area (Å²) in [5, 5.41) is 30.6. The highest BCUT2D eigenvalue weighted by Crippen LogP contribution is 2.15. The van der Waals surface area contributed by atoms with Crippen molar-refractivity contribution in [3.63, 3.8) is 0 Å². The van der Waals surface area contributed by atoms with E-state index in [1.54, 1.807) is 0 Å². The van der Waals surface area contributed by atoms with E-state index in [0.29, 0.717) is 0 Å². The molecule has 0 aliphatic carbocycles. The van der Waals surface area contributed by atoms with Crippen LogP contribution in [0, 0.1) is 0 Å². The molecule has 0 saturated carbocycles. The topological polar surface area (TPSA) is 121 Å². The molecule has 0 heterocycles. The molecule has 0 aromatic heterocycles. The van der Waals surface area contributed by atoms with Gasteiger partial charge < -0.3 is 34.2 Å². The number of nitrogens with zero attached hydrogens (tertiary/aromatic N) is 2. The van der Waals surface area contributed by atoms with Crippen LogP contribution in [0.1, 0.15) is 233 Å². The lowest BCUT2D eigenvalue weighted by atomic mass is 10.1. The summed E-state index contributed by atoms with van der Waals surface area (Å²) in [6, 6.07) is 0. The second kappa shape index (κ2) is 47.6. The summed E-state index contributed by atoms with van der Waals surface area (Å²) in [7, 11) is 9.73. The van der Waals surface area contributed by atoms with Crippen molar-refractivity contribution in [3.05, 3.63) is 0 Å². The van der Waals surface area contributed by atoms with Crippen molar-refractivity contribution in [2.24, 2.45) is 0 Å². The largest absolute Gasteiger partial charge is 0.652 e. The van der Waals surface area contributed by atoms with Crippen LogP contribution in [0.2, 0.25) is 0 Å². The molecule has 0 radical (unpaired) electrons. The van der Waals surface area contributed by atoms with Crippen molar-refractivity contribution in [1.29, 1.82) is 0 Å². The molecular formula is C46H98N2O6. The monoisotopic (exact) mass is 775 g/mol. The van der Waals surface area contributed by atoms with Gasteiger partial charge in [-0.3, -0.25) is 0 Å². The normalized spacial score (nSPS) is 11.1. The molecule has 0 saturated heterocycles. The van der Waals surface area contributed by atoms with Crippen molar-refractivity contribution in [2.75, 3.05) is 54.4 Å². The maximum absolute atomic E-state index is 8.56. The summed E-state index contributed by atoms with van der Waals surface area (Å²) in [4.78, 5) is 16.9. The van der Waals surface area contributed by atoms with Crippen molar-refractivity contribution in [3.8, 4) is 0 Å². The van der Waals surface area contributed by atoms with Crippen LogP contribution in [0.25, 0.3) is 0 Å². The second-order valence-electron chi connectivity index (χ2n) is 17.2. The van der Waals surface area contributed by atoms with E-state index in [4.69, 9.17) is 30.0 Å². The van der Waals surface area contributed by atoms with E-state index in [1.165, 1.54) is 241 Å². The van der Waals surface area contributed by atoms with Crippen molar-refractivity contribution in [1.82, 2.24) is 0 Å². The third kappa shape index (κ3) is 68.5. The van der Waals surface area contributed by atoms with Gasteiger partial charge in [0.25, 0.3) is 0 Å². The smallest absolute Gasteiger partial charge is 0.503 e. The van der Waals surface area contributed by atoms with E-state index >= 15 is 0 Å². The highest BCUT2D eigenvalue weighted by molar-refractivity contribution is 5.53. The van der Waals surface area contributed by atoms with Crippen LogP contribution in [0.3, 0.4) is 0 Å². The first-order valence-electron chi connectivity index (χ1n) is 23.1. The summed E-state index contributed by atoms with van der Waals surface area (Å²) in [5.74, 6) is 0. The Labute approximate surface area is 338 Å². The van der Waals surface area contributed by atoms with Gasteiger partial charge in [-0.15, -0.1) is 0 Å². The molecule has 0 aliphatic heterocycles. The van der Waals surface area contributed by atoms with Gasteiger partial charge in [0.05, 0.1) is 54.4 Å². The molecule has 0 rings (SSSR count). The fourth-order valence-corrected chi connectivity index (χ4v) is 6.92. The number of hydrogen-bond acceptors (Lipinski definition) is 4. The molecule has 0 amide bonds. The quantitative estimate of drug-likeness (QED) is 0.0483. The number of rotatable bonds is 36. The van der Waals surface area contributed by atoms with Gasteiger partial charge in [-0.2, -0.15) is 0 Å². The van der Waals surface area contributed by atoms with Gasteiger partial charge in [-0.05, 0) is 57.5 Å². The van der Waals surface area contributed by atoms with Gasteiger partial charge in [0.15, 0.2) is 0 Å². The number of carboxylic acid groups (broad SMARTS) is 4. The zero-order valence-electron chi connectivity index (χ0n) is 37.9. The van der Waals surface area contributed by atoms with Gasteiger partial charge in [-0.25, -0.2) is 4.79 Å². The van der Waals surface area contributed by atoms with E-state index < -0.39 is 12.3 Å². The first-order valence-corrected chi connectivity index (χ1v) is 23.1. The average Bonchev–Trinajstić information content (AvgIpc) is 3.09. The molecule has 0 fully saturated rings. The minimum absolute atomic E-state index is 1.24. The lowest BCUT2D eigenvalue weighted by Crippen LogP contribution is -2.41. The van der Waals surface area contributed by atoms with Crippen LogP contribution < -0.4 is 10.2 Å². The molecule has 8 heteroatoms. The van der Waals surface area contributed by atoms with Crippen LogP contribution in [0.5, 0.6) is 0 Å². The maximum Gasteiger partial charge on any atom is 0.503 e. The molecule has 0 bridgehead atoms. The molecule has 0 aliphatic rings. The summed E-state index contributed by atoms with van der Waals surface area (Å²) in [6.07, 6.45) is 41.9. The summed E-state index contributed by atoms with van der Waals surface area (Å²) in [6.45, 7) is 14.7. The molecule has 2 N–H and O–H groups in total. The van der Waals surface area contributed by atoms with Crippen LogP contribution in [-0.4, -0.2) is 85.9 Å². The number of carbonyl (C=O) groups is 2. The van der Waals surface area contributed by atoms with Gasteiger partial charge >= 0.3 is 6.16 Å². The second-order valence-corrected chi connectivity index (χ2v) is 17.2. The Morgan fingerprint density at radius 1 is 0.333 bits per heavy atom. The molecule has 0 atom stereocenters. The summed E-state index contributed by atoms with van der Waals surface area (Å²) < 4.78 is 2.48. The molecule has 0 aromatic carbocycles. The molecule has 0 spiro atoms. The van der Waals surface area contributed by atoms with Gasteiger partial charge in [0, 0.05) is 0 Å². The molecule has 0 unspecified atom stereocenters. The van der Waals surface area contributed by atoms with Crippen LogP contribution >= 0.6 is 0 Å². The number of unbranched alkanes of at least 4 members (excludes halogenated alkanes) is 28. The zero-order chi connectivity index (χ0) is 41.6. The van der Waals surface area contributed by atoms with Gasteiger partial charge in [0.1, 0.15) is 0 Å². The Kier molecular flexibility index (Phi) is 52.2. The Bertz CT molecular complexity index is 620. The first kappa shape index (κ1) is 59.2. The standard InChI is InChI=1S/2C22H48N.2CH2O3/c2*1-5-7-9-11-13-15-17-19-21-23(3,4)22-20-18-16-14-12-10-8-6-2;2*2-1(3)4/h2*5-22H2,1-4H3;2*(H2,2,3,4)/q2*+1;;/p-2. The van der Waals surface area contributed by atoms with Crippen molar-refractivity contribution in [2.45, 2.75) is 233 Å². The van der Waals surface area contributed by atoms with Gasteiger partial charge in [-0.1, -0.05) is 182 Å². The lowest BCUT2D eigenvalue weighted by molar-refractivity contribution is -0.890. The minimum atomic E-state index is -2.33. The molecule has 0 aromatic rings. The van der Waals surface area contributed by atoms with Gasteiger partial charge in [0.2, 0.25) is 0 Å². The van der Waals surface area contributed by atoms with Crippen molar-refractivity contribution < 1.29 is 39.0 Å². The predicted octanol–water partition coefficient (Wildman–Crippen LogP) is 12.5. The Morgan fingerprint density at radius 3 is 0.574 bits per heavy atom. The maximum atomic E-state index is 8.56. The summed E-state index contributed by atoms with van der Waals surface area (Å²) >= 11 is 0. The molecule has 54 heavy (non-hydrogen) atoms. The summed E-state index contributed by atoms with van der Waals surface area (Å²) in [5.41, 5.74) is 0. The average molecular weight is 775 g/mol. The highest BCUT2D eigenvalue weighted by Gasteiger charge is 2.14. The van der Waals surface area contributed by atoms with Crippen molar-refractivity contribution >= 4 is 12.3 Å². The van der Waals surface area contributed by atoms with Crippen LogP contribution in [0.15, 0.2) is 0 Å². The number of carbonyl (C=O) groups excluding carboxylic acids is 1. The van der Waals surface area contributed by atoms with E-state index in [2.05, 4.69) is 55.9 Å². The number of quaternary nitrogens is 2. The first-order chi connectivity index (χ1) is 25.7. The lowest BCUT2D eigenvalue weighted by Gasteiger charge is -2.30. The highest BCUT2D eigenvalue weighted by atomic mass is 16.6. The SMILES string of the molecule is CCCCCCCCCC[N+](C)(C)CCCCCCCCCC.CCCCCCCCCC[N+](C)(C)CCCCCCCCCC.O=C(O)O.O=C([O-])[O-]. The minimum Gasteiger partial charge on any atom is -0.652 e. The molecule has 328 valence electrons. The number of hydrogen-bond donors (Lipinski definition) is 2. The fraction of sp³-hybridized carbons (Fsp3) is 0.957. The fourth-order valence-electron chi connectivity index (χ4n) is 6.92. The van der Waals surface area contributed by atoms with E-state index in [1.807, 2.05) is 0 Å². The van der Waals surface area contributed by atoms with E-state index in [-0.39, 0.29) is 0 Å².